The molecule has 14 heavy (non-hydrogen) atoms. The van der Waals surface area contributed by atoms with Gasteiger partial charge in [-0.2, -0.15) is 0 Å². The van der Waals surface area contributed by atoms with Crippen LogP contribution in [0, 0.1) is 12.8 Å². The van der Waals surface area contributed by atoms with E-state index in [1.54, 1.807) is 4.90 Å². The van der Waals surface area contributed by atoms with Crippen molar-refractivity contribution in [2.75, 3.05) is 7.05 Å². The Bertz CT molecular complexity index is 359. The minimum atomic E-state index is 0.0682. The molecule has 1 amide bonds. The molecule has 4 heteroatoms. The maximum Gasteiger partial charge on any atom is 0.225 e. The molecule has 2 rings (SSSR count). The second-order valence-corrected chi connectivity index (χ2v) is 3.97. The van der Waals surface area contributed by atoms with Gasteiger partial charge in [0.05, 0.1) is 11.7 Å². The van der Waals surface area contributed by atoms with Crippen LogP contribution in [-0.4, -0.2) is 23.0 Å². The van der Waals surface area contributed by atoms with E-state index >= 15 is 0 Å². The molecular formula is C10H14N2O2. The molecular weight excluding hydrogens is 180 g/mol. The van der Waals surface area contributed by atoms with Crippen LogP contribution in [0.15, 0.2) is 10.6 Å². The smallest absolute Gasteiger partial charge is 0.225 e. The predicted molar refractivity (Wildman–Crippen MR) is 50.5 cm³/mol. The molecule has 1 aromatic rings. The topological polar surface area (TPSA) is 46.3 Å². The summed E-state index contributed by atoms with van der Waals surface area (Å²) in [4.78, 5) is 13.3. The van der Waals surface area contributed by atoms with Crippen molar-refractivity contribution in [2.45, 2.75) is 26.3 Å². The first-order valence-corrected chi connectivity index (χ1v) is 4.79. The summed E-state index contributed by atoms with van der Waals surface area (Å²) in [5.74, 6) is 1.07. The van der Waals surface area contributed by atoms with Crippen LogP contribution in [-0.2, 0) is 4.79 Å². The van der Waals surface area contributed by atoms with E-state index in [-0.39, 0.29) is 17.9 Å². The molecule has 1 fully saturated rings. The monoisotopic (exact) mass is 194 g/mol. The maximum atomic E-state index is 11.6. The van der Waals surface area contributed by atoms with E-state index in [1.807, 2.05) is 27.0 Å². The van der Waals surface area contributed by atoms with Crippen molar-refractivity contribution in [3.63, 3.8) is 0 Å². The maximum absolute atomic E-state index is 11.6. The summed E-state index contributed by atoms with van der Waals surface area (Å²) in [5.41, 5.74) is 0.861. The number of rotatable bonds is 1. The Hall–Kier alpha value is -1.32. The van der Waals surface area contributed by atoms with E-state index < -0.39 is 0 Å². The third kappa shape index (κ3) is 1.31. The van der Waals surface area contributed by atoms with Gasteiger partial charge in [0.25, 0.3) is 0 Å². The minimum absolute atomic E-state index is 0.0682. The Morgan fingerprint density at radius 1 is 1.64 bits per heavy atom. The summed E-state index contributed by atoms with van der Waals surface area (Å²) >= 11 is 0. The summed E-state index contributed by atoms with van der Waals surface area (Å²) in [7, 11) is 1.81. The molecule has 2 atom stereocenters. The largest absolute Gasteiger partial charge is 0.359 e. The number of amides is 1. The normalized spacial score (nSPS) is 27.4. The number of hydrogen-bond acceptors (Lipinski definition) is 3. The molecule has 0 bridgehead atoms. The number of likely N-dealkylation sites (tertiary alicyclic amines) is 1. The van der Waals surface area contributed by atoms with Crippen LogP contribution in [0.1, 0.15) is 30.8 Å². The van der Waals surface area contributed by atoms with Gasteiger partial charge in [-0.25, -0.2) is 0 Å². The van der Waals surface area contributed by atoms with Gasteiger partial charge in [0, 0.05) is 19.0 Å². The Labute approximate surface area is 82.9 Å². The molecule has 4 nitrogen and oxygen atoms in total. The van der Waals surface area contributed by atoms with Crippen LogP contribution >= 0.6 is 0 Å². The summed E-state index contributed by atoms with van der Waals surface area (Å²) in [5, 5.41) is 3.83. The van der Waals surface area contributed by atoms with Gasteiger partial charge in [-0.1, -0.05) is 12.1 Å². The van der Waals surface area contributed by atoms with E-state index in [1.165, 1.54) is 0 Å². The highest BCUT2D eigenvalue weighted by atomic mass is 16.5. The zero-order valence-corrected chi connectivity index (χ0v) is 8.65. The van der Waals surface area contributed by atoms with Crippen molar-refractivity contribution >= 4 is 5.91 Å². The number of carbonyl (C=O) groups is 1. The van der Waals surface area contributed by atoms with Gasteiger partial charge < -0.3 is 9.42 Å². The fourth-order valence-corrected chi connectivity index (χ4v) is 1.94. The molecule has 76 valence electrons. The van der Waals surface area contributed by atoms with Crippen LogP contribution in [0.5, 0.6) is 0 Å². The van der Waals surface area contributed by atoms with Gasteiger partial charge in [0.2, 0.25) is 5.91 Å². The molecule has 0 saturated carbocycles. The number of aryl methyl sites for hydroxylation is 1. The third-order valence-corrected chi connectivity index (χ3v) is 2.79. The molecule has 0 radical (unpaired) electrons. The van der Waals surface area contributed by atoms with Gasteiger partial charge in [0.1, 0.15) is 0 Å². The van der Waals surface area contributed by atoms with E-state index in [4.69, 9.17) is 4.52 Å². The average molecular weight is 194 g/mol. The second-order valence-electron chi connectivity index (χ2n) is 3.97. The molecule has 0 aliphatic carbocycles. The Morgan fingerprint density at radius 3 is 2.79 bits per heavy atom. The molecule has 0 spiro atoms. The Kier molecular flexibility index (Phi) is 2.06. The summed E-state index contributed by atoms with van der Waals surface area (Å²) < 4.78 is 5.17. The zero-order chi connectivity index (χ0) is 10.3. The fourth-order valence-electron chi connectivity index (χ4n) is 1.94. The Balaban J connectivity index is 2.25. The molecule has 2 unspecified atom stereocenters. The van der Waals surface area contributed by atoms with Crippen molar-refractivity contribution in [3.05, 3.63) is 17.5 Å². The lowest BCUT2D eigenvalue weighted by atomic mass is 10.1. The lowest BCUT2D eigenvalue weighted by molar-refractivity contribution is -0.130. The van der Waals surface area contributed by atoms with Crippen LogP contribution < -0.4 is 0 Å². The van der Waals surface area contributed by atoms with Crippen LogP contribution in [0.4, 0.5) is 0 Å². The van der Waals surface area contributed by atoms with Crippen molar-refractivity contribution < 1.29 is 9.32 Å². The van der Waals surface area contributed by atoms with Crippen molar-refractivity contribution in [2.24, 2.45) is 5.92 Å². The minimum Gasteiger partial charge on any atom is -0.359 e. The van der Waals surface area contributed by atoms with Crippen molar-refractivity contribution in [1.29, 1.82) is 0 Å². The summed E-state index contributed by atoms with van der Waals surface area (Å²) in [6, 6.07) is 1.96. The molecule has 1 aromatic heterocycles. The highest BCUT2D eigenvalue weighted by Crippen LogP contribution is 2.34. The summed E-state index contributed by atoms with van der Waals surface area (Å²) in [6.07, 6.45) is 0.823. The molecule has 1 aliphatic rings. The first-order chi connectivity index (χ1) is 6.59. The third-order valence-electron chi connectivity index (χ3n) is 2.79. The number of nitrogens with zero attached hydrogens (tertiary/aromatic N) is 2. The van der Waals surface area contributed by atoms with E-state index in [2.05, 4.69) is 5.16 Å². The van der Waals surface area contributed by atoms with Gasteiger partial charge >= 0.3 is 0 Å². The zero-order valence-electron chi connectivity index (χ0n) is 8.65. The molecule has 2 heterocycles. The van der Waals surface area contributed by atoms with E-state index in [9.17, 15) is 4.79 Å². The molecule has 1 aliphatic heterocycles. The van der Waals surface area contributed by atoms with Crippen LogP contribution in [0.3, 0.4) is 0 Å². The van der Waals surface area contributed by atoms with Gasteiger partial charge in [-0.3, -0.25) is 4.79 Å². The number of aromatic nitrogens is 1. The lowest BCUT2D eigenvalue weighted by Crippen LogP contribution is -2.23. The molecule has 0 aromatic carbocycles. The highest BCUT2D eigenvalue weighted by molar-refractivity contribution is 5.80. The first-order valence-electron chi connectivity index (χ1n) is 4.79. The number of hydrogen-bond donors (Lipinski definition) is 0. The second kappa shape index (κ2) is 3.12. The van der Waals surface area contributed by atoms with Crippen LogP contribution in [0.25, 0.3) is 0 Å². The molecule has 0 N–H and O–H groups in total. The number of carbonyl (C=O) groups excluding carboxylic acids is 1. The summed E-state index contributed by atoms with van der Waals surface area (Å²) in [6.45, 7) is 3.83. The van der Waals surface area contributed by atoms with E-state index in [0.717, 1.165) is 17.9 Å². The fraction of sp³-hybridized carbons (Fsp3) is 0.600. The predicted octanol–water partition coefficient (Wildman–Crippen LogP) is 1.52. The van der Waals surface area contributed by atoms with Crippen molar-refractivity contribution in [3.8, 4) is 0 Å². The highest BCUT2D eigenvalue weighted by Gasteiger charge is 2.37. The average Bonchev–Trinajstić information content (AvgIpc) is 2.66. The van der Waals surface area contributed by atoms with Gasteiger partial charge in [-0.15, -0.1) is 0 Å². The molecule has 1 saturated heterocycles. The quantitative estimate of drug-likeness (QED) is 0.681. The van der Waals surface area contributed by atoms with Gasteiger partial charge in [0.15, 0.2) is 5.76 Å². The van der Waals surface area contributed by atoms with Gasteiger partial charge in [-0.05, 0) is 13.3 Å². The van der Waals surface area contributed by atoms with E-state index in [0.29, 0.717) is 0 Å². The lowest BCUT2D eigenvalue weighted by Gasteiger charge is -2.16. The standard InChI is InChI=1S/C10H14N2O2/c1-6-4-8(12(3)10(6)13)9-5-7(2)11-14-9/h5-6,8H,4H2,1-3H3. The Morgan fingerprint density at radius 2 is 2.36 bits per heavy atom. The van der Waals surface area contributed by atoms with Crippen molar-refractivity contribution in [1.82, 2.24) is 10.1 Å². The SMILES string of the molecule is Cc1cc(C2CC(C)C(=O)N2C)on1. The van der Waals surface area contributed by atoms with Crippen LogP contribution in [0.2, 0.25) is 0 Å². The first kappa shape index (κ1) is 9.24.